The maximum absolute atomic E-state index is 4.17. The molecule has 0 fully saturated rings. The van der Waals surface area contributed by atoms with Crippen LogP contribution in [0, 0.1) is 0 Å². The maximum atomic E-state index is 4.17. The zero-order valence-corrected chi connectivity index (χ0v) is 8.42. The number of rotatable bonds is 5. The van der Waals surface area contributed by atoms with Gasteiger partial charge in [0.05, 0.1) is 0 Å². The van der Waals surface area contributed by atoms with Crippen LogP contribution in [0.3, 0.4) is 0 Å². The van der Waals surface area contributed by atoms with Crippen molar-refractivity contribution in [2.45, 2.75) is 13.0 Å². The van der Waals surface area contributed by atoms with E-state index >= 15 is 0 Å². The van der Waals surface area contributed by atoms with E-state index in [1.54, 1.807) is 11.3 Å². The summed E-state index contributed by atoms with van der Waals surface area (Å²) in [5.41, 5.74) is 0. The Morgan fingerprint density at radius 1 is 1.43 bits per heavy atom. The van der Waals surface area contributed by atoms with Gasteiger partial charge in [-0.15, -0.1) is 11.3 Å². The van der Waals surface area contributed by atoms with Crippen molar-refractivity contribution in [3.05, 3.63) is 28.7 Å². The third kappa shape index (κ3) is 2.61. The first-order chi connectivity index (χ1) is 6.95. The summed E-state index contributed by atoms with van der Waals surface area (Å²) in [4.78, 5) is 8.20. The van der Waals surface area contributed by atoms with Gasteiger partial charge in [0.1, 0.15) is 17.2 Å². The van der Waals surface area contributed by atoms with Gasteiger partial charge in [-0.05, 0) is 0 Å². The monoisotopic (exact) mass is 209 g/mol. The summed E-state index contributed by atoms with van der Waals surface area (Å²) in [7, 11) is 0. The fourth-order valence-electron chi connectivity index (χ4n) is 1.09. The Balaban J connectivity index is 1.65. The van der Waals surface area contributed by atoms with Crippen molar-refractivity contribution >= 4 is 11.3 Å². The van der Waals surface area contributed by atoms with Crippen LogP contribution in [0.15, 0.2) is 17.9 Å². The van der Waals surface area contributed by atoms with E-state index in [0.29, 0.717) is 0 Å². The molecule has 74 valence electrons. The zero-order chi connectivity index (χ0) is 9.64. The van der Waals surface area contributed by atoms with Crippen LogP contribution in [0.1, 0.15) is 10.8 Å². The zero-order valence-electron chi connectivity index (χ0n) is 7.60. The molecule has 0 amide bonds. The van der Waals surface area contributed by atoms with Crippen LogP contribution in [0.5, 0.6) is 0 Å². The van der Waals surface area contributed by atoms with Crippen LogP contribution < -0.4 is 5.32 Å². The van der Waals surface area contributed by atoms with Gasteiger partial charge in [-0.1, -0.05) is 0 Å². The Bertz CT molecular complexity index is 305. The number of H-pyrrole nitrogens is 1. The lowest BCUT2D eigenvalue weighted by atomic mass is 10.4. The van der Waals surface area contributed by atoms with Crippen molar-refractivity contribution in [1.29, 1.82) is 0 Å². The second-order valence-electron chi connectivity index (χ2n) is 2.78. The number of nitrogens with zero attached hydrogens (tertiary/aromatic N) is 3. The van der Waals surface area contributed by atoms with Gasteiger partial charge in [0.25, 0.3) is 0 Å². The third-order valence-corrected chi connectivity index (χ3v) is 2.54. The minimum absolute atomic E-state index is 0.825. The molecule has 0 aliphatic heterocycles. The van der Waals surface area contributed by atoms with Gasteiger partial charge >= 0.3 is 0 Å². The molecular formula is C8H11N5S. The summed E-state index contributed by atoms with van der Waals surface area (Å²) in [6.45, 7) is 1.71. The molecule has 0 bridgehead atoms. The van der Waals surface area contributed by atoms with Crippen LogP contribution in [-0.4, -0.2) is 26.7 Å². The smallest absolute Gasteiger partial charge is 0.137 e. The van der Waals surface area contributed by atoms with E-state index in [0.717, 1.165) is 30.3 Å². The first-order valence-electron chi connectivity index (χ1n) is 4.38. The van der Waals surface area contributed by atoms with E-state index in [1.165, 1.54) is 6.33 Å². The Morgan fingerprint density at radius 2 is 2.43 bits per heavy atom. The fraction of sp³-hybridized carbons (Fsp3) is 0.375. The summed E-state index contributed by atoms with van der Waals surface area (Å²) in [5, 5.41) is 13.0. The molecule has 5 nitrogen and oxygen atoms in total. The summed E-state index contributed by atoms with van der Waals surface area (Å²) in [6.07, 6.45) is 4.21. The standard InChI is InChI=1S/C8H11N5S/c1(7-11-6-12-13-7)2-9-5-8-10-3-4-14-8/h3-4,6,9H,1-2,5H2,(H,11,12,13). The van der Waals surface area contributed by atoms with E-state index in [-0.39, 0.29) is 0 Å². The quantitative estimate of drug-likeness (QED) is 0.707. The van der Waals surface area contributed by atoms with Crippen LogP contribution in [0.2, 0.25) is 0 Å². The molecule has 2 rings (SSSR count). The van der Waals surface area contributed by atoms with E-state index < -0.39 is 0 Å². The second-order valence-corrected chi connectivity index (χ2v) is 3.76. The summed E-state index contributed by atoms with van der Waals surface area (Å²) < 4.78 is 0. The highest BCUT2D eigenvalue weighted by Crippen LogP contribution is 2.02. The first kappa shape index (κ1) is 9.29. The molecule has 0 unspecified atom stereocenters. The summed E-state index contributed by atoms with van der Waals surface area (Å²) in [6, 6.07) is 0. The predicted molar refractivity (Wildman–Crippen MR) is 53.9 cm³/mol. The van der Waals surface area contributed by atoms with Gasteiger partial charge in [-0.2, -0.15) is 5.10 Å². The average Bonchev–Trinajstić information content (AvgIpc) is 2.86. The molecule has 6 heteroatoms. The lowest BCUT2D eigenvalue weighted by Gasteiger charge is -1.99. The molecule has 0 spiro atoms. The SMILES string of the molecule is c1n[nH]c(CCNCc2nccs2)n1. The third-order valence-electron chi connectivity index (χ3n) is 1.76. The Labute approximate surface area is 85.6 Å². The van der Waals surface area contributed by atoms with Crippen molar-refractivity contribution in [3.63, 3.8) is 0 Å². The Kier molecular flexibility index (Phi) is 3.20. The van der Waals surface area contributed by atoms with Gasteiger partial charge < -0.3 is 5.32 Å². The number of hydrogen-bond acceptors (Lipinski definition) is 5. The lowest BCUT2D eigenvalue weighted by Crippen LogP contribution is -2.17. The molecule has 14 heavy (non-hydrogen) atoms. The van der Waals surface area contributed by atoms with Crippen molar-refractivity contribution in [3.8, 4) is 0 Å². The van der Waals surface area contributed by atoms with Gasteiger partial charge in [0, 0.05) is 31.1 Å². The maximum Gasteiger partial charge on any atom is 0.137 e. The predicted octanol–water partition coefficient (Wildman–Crippen LogP) is 0.593. The molecule has 0 radical (unpaired) electrons. The second kappa shape index (κ2) is 4.83. The van der Waals surface area contributed by atoms with E-state index in [2.05, 4.69) is 25.5 Å². The molecule has 2 aromatic rings. The number of nitrogens with one attached hydrogen (secondary N) is 2. The molecule has 0 saturated carbocycles. The Hall–Kier alpha value is -1.27. The van der Waals surface area contributed by atoms with Gasteiger partial charge in [0.15, 0.2) is 0 Å². The minimum Gasteiger partial charge on any atom is -0.310 e. The van der Waals surface area contributed by atoms with E-state index in [4.69, 9.17) is 0 Å². The Morgan fingerprint density at radius 3 is 3.14 bits per heavy atom. The van der Waals surface area contributed by atoms with E-state index in [1.807, 2.05) is 11.6 Å². The molecule has 0 aliphatic carbocycles. The number of aromatic amines is 1. The van der Waals surface area contributed by atoms with Crippen LogP contribution in [0.25, 0.3) is 0 Å². The van der Waals surface area contributed by atoms with Crippen LogP contribution >= 0.6 is 11.3 Å². The summed E-state index contributed by atoms with van der Waals surface area (Å²) in [5.74, 6) is 0.914. The average molecular weight is 209 g/mol. The largest absolute Gasteiger partial charge is 0.310 e. The van der Waals surface area contributed by atoms with Crippen molar-refractivity contribution in [1.82, 2.24) is 25.5 Å². The molecular weight excluding hydrogens is 198 g/mol. The molecule has 0 saturated heterocycles. The molecule has 2 aromatic heterocycles. The van der Waals surface area contributed by atoms with Crippen LogP contribution in [-0.2, 0) is 13.0 Å². The number of hydrogen-bond donors (Lipinski definition) is 2. The molecule has 0 atom stereocenters. The number of aromatic nitrogens is 4. The summed E-state index contributed by atoms with van der Waals surface area (Å²) >= 11 is 1.66. The van der Waals surface area contributed by atoms with Crippen molar-refractivity contribution in [2.24, 2.45) is 0 Å². The van der Waals surface area contributed by atoms with Gasteiger partial charge in [-0.3, -0.25) is 5.10 Å². The molecule has 2 N–H and O–H groups in total. The highest BCUT2D eigenvalue weighted by atomic mass is 32.1. The van der Waals surface area contributed by atoms with Crippen LogP contribution in [0.4, 0.5) is 0 Å². The molecule has 0 aliphatic rings. The fourth-order valence-corrected chi connectivity index (χ4v) is 1.68. The highest BCUT2D eigenvalue weighted by Gasteiger charge is 1.96. The van der Waals surface area contributed by atoms with E-state index in [9.17, 15) is 0 Å². The van der Waals surface area contributed by atoms with Gasteiger partial charge in [0.2, 0.25) is 0 Å². The normalized spacial score (nSPS) is 10.6. The lowest BCUT2D eigenvalue weighted by molar-refractivity contribution is 0.669. The highest BCUT2D eigenvalue weighted by molar-refractivity contribution is 7.09. The van der Waals surface area contributed by atoms with Crippen molar-refractivity contribution in [2.75, 3.05) is 6.54 Å². The topological polar surface area (TPSA) is 66.5 Å². The molecule has 0 aromatic carbocycles. The minimum atomic E-state index is 0.825. The molecule has 2 heterocycles. The first-order valence-corrected chi connectivity index (χ1v) is 5.26. The van der Waals surface area contributed by atoms with Crippen molar-refractivity contribution < 1.29 is 0 Å². The van der Waals surface area contributed by atoms with Gasteiger partial charge in [-0.25, -0.2) is 9.97 Å². The number of thiazole rings is 1.